The SMILES string of the molecule is C=CCN(C)CC1CC(c2ccccc2)OC(c2ccc(NC(=O)CCCCCCC(=O)NO)cc2)O1. The minimum atomic E-state index is -0.501. The summed E-state index contributed by atoms with van der Waals surface area (Å²) in [4.78, 5) is 25.5. The van der Waals surface area contributed by atoms with Crippen LogP contribution in [0.1, 0.15) is 68.5 Å². The summed E-state index contributed by atoms with van der Waals surface area (Å²) in [6.45, 7) is 5.39. The van der Waals surface area contributed by atoms with Crippen molar-refractivity contribution in [3.05, 3.63) is 78.4 Å². The number of rotatable bonds is 14. The van der Waals surface area contributed by atoms with E-state index in [1.54, 1.807) is 5.48 Å². The Morgan fingerprint density at radius 3 is 2.30 bits per heavy atom. The molecule has 1 aliphatic rings. The van der Waals surface area contributed by atoms with Crippen LogP contribution in [0.2, 0.25) is 0 Å². The van der Waals surface area contributed by atoms with Crippen molar-refractivity contribution < 1.29 is 24.3 Å². The van der Waals surface area contributed by atoms with Gasteiger partial charge < -0.3 is 19.7 Å². The van der Waals surface area contributed by atoms with Gasteiger partial charge in [-0.15, -0.1) is 6.58 Å². The second-order valence-electron chi connectivity index (χ2n) is 9.49. The van der Waals surface area contributed by atoms with Crippen molar-refractivity contribution in [1.29, 1.82) is 0 Å². The number of amides is 2. The Labute approximate surface area is 219 Å². The van der Waals surface area contributed by atoms with Crippen LogP contribution in [0.5, 0.6) is 0 Å². The van der Waals surface area contributed by atoms with Crippen molar-refractivity contribution in [2.45, 2.75) is 63.4 Å². The third kappa shape index (κ3) is 9.74. The van der Waals surface area contributed by atoms with Gasteiger partial charge in [0.2, 0.25) is 11.8 Å². The first-order valence-electron chi connectivity index (χ1n) is 13.0. The fourth-order valence-electron chi connectivity index (χ4n) is 4.43. The second kappa shape index (κ2) is 15.3. The van der Waals surface area contributed by atoms with E-state index in [-0.39, 0.29) is 24.0 Å². The summed E-state index contributed by atoms with van der Waals surface area (Å²) in [6, 6.07) is 17.8. The fraction of sp³-hybridized carbons (Fsp3) is 0.448. The number of carbonyl (C=O) groups excluding carboxylic acids is 2. The molecule has 0 radical (unpaired) electrons. The van der Waals surface area contributed by atoms with Gasteiger partial charge >= 0.3 is 0 Å². The van der Waals surface area contributed by atoms with Crippen LogP contribution >= 0.6 is 0 Å². The van der Waals surface area contributed by atoms with Crippen LogP contribution in [0.25, 0.3) is 0 Å². The van der Waals surface area contributed by atoms with Crippen LogP contribution in [0.3, 0.4) is 0 Å². The van der Waals surface area contributed by atoms with E-state index in [0.29, 0.717) is 19.3 Å². The molecule has 2 aromatic carbocycles. The molecular weight excluding hydrogens is 470 g/mol. The molecular formula is C29H39N3O5. The molecule has 3 rings (SSSR count). The monoisotopic (exact) mass is 509 g/mol. The summed E-state index contributed by atoms with van der Waals surface area (Å²) in [6.07, 6.45) is 5.93. The second-order valence-corrected chi connectivity index (χ2v) is 9.49. The summed E-state index contributed by atoms with van der Waals surface area (Å²) in [7, 11) is 2.06. The lowest BCUT2D eigenvalue weighted by Gasteiger charge is -2.37. The highest BCUT2D eigenvalue weighted by molar-refractivity contribution is 5.90. The molecule has 3 unspecified atom stereocenters. The van der Waals surface area contributed by atoms with Crippen molar-refractivity contribution in [1.82, 2.24) is 10.4 Å². The van der Waals surface area contributed by atoms with Gasteiger partial charge in [0.15, 0.2) is 6.29 Å². The van der Waals surface area contributed by atoms with Gasteiger partial charge in [0, 0.05) is 43.6 Å². The number of carbonyl (C=O) groups is 2. The molecule has 200 valence electrons. The Balaban J connectivity index is 1.53. The summed E-state index contributed by atoms with van der Waals surface area (Å²) in [5.41, 5.74) is 4.39. The number of benzene rings is 2. The highest BCUT2D eigenvalue weighted by atomic mass is 16.7. The Hall–Kier alpha value is -3.04. The molecule has 37 heavy (non-hydrogen) atoms. The predicted molar refractivity (Wildman–Crippen MR) is 143 cm³/mol. The van der Waals surface area contributed by atoms with E-state index in [0.717, 1.165) is 55.6 Å². The molecule has 2 amide bonds. The van der Waals surface area contributed by atoms with Crippen LogP contribution in [0.15, 0.2) is 67.3 Å². The lowest BCUT2D eigenvalue weighted by atomic mass is 10.0. The molecule has 2 aromatic rings. The minimum absolute atomic E-state index is 0.00584. The lowest BCUT2D eigenvalue weighted by Crippen LogP contribution is -2.37. The molecule has 1 saturated heterocycles. The zero-order valence-electron chi connectivity index (χ0n) is 21.6. The molecule has 3 atom stereocenters. The van der Waals surface area contributed by atoms with Crippen molar-refractivity contribution in [3.8, 4) is 0 Å². The molecule has 0 aliphatic carbocycles. The molecule has 1 heterocycles. The lowest BCUT2D eigenvalue weighted by molar-refractivity contribution is -0.252. The number of hydroxylamine groups is 1. The quantitative estimate of drug-likeness (QED) is 0.141. The van der Waals surface area contributed by atoms with Crippen LogP contribution in [-0.2, 0) is 19.1 Å². The smallest absolute Gasteiger partial charge is 0.243 e. The third-order valence-corrected chi connectivity index (χ3v) is 6.36. The molecule has 0 spiro atoms. The number of likely N-dealkylation sites (N-methyl/N-ethyl adjacent to an activating group) is 1. The third-order valence-electron chi connectivity index (χ3n) is 6.36. The average Bonchev–Trinajstić information content (AvgIpc) is 2.91. The fourth-order valence-corrected chi connectivity index (χ4v) is 4.43. The van der Waals surface area contributed by atoms with E-state index < -0.39 is 6.29 Å². The van der Waals surface area contributed by atoms with Crippen molar-refractivity contribution >= 4 is 17.5 Å². The van der Waals surface area contributed by atoms with Crippen LogP contribution in [-0.4, -0.2) is 48.2 Å². The van der Waals surface area contributed by atoms with Gasteiger partial charge in [0.25, 0.3) is 0 Å². The van der Waals surface area contributed by atoms with E-state index in [2.05, 4.69) is 36.0 Å². The molecule has 8 heteroatoms. The zero-order chi connectivity index (χ0) is 26.5. The van der Waals surface area contributed by atoms with Gasteiger partial charge in [0.1, 0.15) is 0 Å². The van der Waals surface area contributed by atoms with Crippen LogP contribution in [0, 0.1) is 0 Å². The highest BCUT2D eigenvalue weighted by Gasteiger charge is 2.32. The van der Waals surface area contributed by atoms with Crippen LogP contribution < -0.4 is 10.8 Å². The minimum Gasteiger partial charge on any atom is -0.344 e. The highest BCUT2D eigenvalue weighted by Crippen LogP contribution is 2.38. The number of hydrogen-bond donors (Lipinski definition) is 3. The van der Waals surface area contributed by atoms with Gasteiger partial charge in [-0.1, -0.05) is 61.4 Å². The summed E-state index contributed by atoms with van der Waals surface area (Å²) in [5, 5.41) is 11.4. The molecule has 0 bridgehead atoms. The van der Waals surface area contributed by atoms with Gasteiger partial charge in [0.05, 0.1) is 12.2 Å². The number of hydrogen-bond acceptors (Lipinski definition) is 6. The Kier molecular flexibility index (Phi) is 11.8. The summed E-state index contributed by atoms with van der Waals surface area (Å²) < 4.78 is 12.7. The van der Waals surface area contributed by atoms with Crippen molar-refractivity contribution in [3.63, 3.8) is 0 Å². The largest absolute Gasteiger partial charge is 0.344 e. The molecule has 0 aromatic heterocycles. The number of nitrogens with one attached hydrogen (secondary N) is 2. The molecule has 1 aliphatic heterocycles. The molecule has 1 fully saturated rings. The molecule has 3 N–H and O–H groups in total. The topological polar surface area (TPSA) is 100 Å². The summed E-state index contributed by atoms with van der Waals surface area (Å²) in [5.74, 6) is -0.420. The first-order valence-corrected chi connectivity index (χ1v) is 13.0. The predicted octanol–water partition coefficient (Wildman–Crippen LogP) is 5.13. The first-order chi connectivity index (χ1) is 18.0. The standard InChI is InChI=1S/C29H39N3O5/c1-3-19-32(2)21-25-20-26(22-11-7-6-8-12-22)37-29(36-25)23-15-17-24(18-16-23)30-27(33)13-9-4-5-10-14-28(34)31-35/h3,6-8,11-12,15-18,25-26,29,35H,1,4-5,9-10,13-14,19-21H2,2H3,(H,30,33)(H,31,34). The first kappa shape index (κ1) is 28.5. The Morgan fingerprint density at radius 2 is 1.65 bits per heavy atom. The van der Waals surface area contributed by atoms with Gasteiger partial charge in [-0.3, -0.25) is 14.8 Å². The van der Waals surface area contributed by atoms with Crippen molar-refractivity contribution in [2.75, 3.05) is 25.5 Å². The van der Waals surface area contributed by atoms with Gasteiger partial charge in [-0.25, -0.2) is 5.48 Å². The van der Waals surface area contributed by atoms with Gasteiger partial charge in [-0.05, 0) is 37.6 Å². The number of unbranched alkanes of at least 4 members (excludes halogenated alkanes) is 3. The van der Waals surface area contributed by atoms with E-state index in [4.69, 9.17) is 14.7 Å². The van der Waals surface area contributed by atoms with Gasteiger partial charge in [-0.2, -0.15) is 0 Å². The van der Waals surface area contributed by atoms with Crippen LogP contribution in [0.4, 0.5) is 5.69 Å². The number of anilines is 1. The van der Waals surface area contributed by atoms with E-state index in [1.807, 2.05) is 48.5 Å². The number of nitrogens with zero attached hydrogens (tertiary/aromatic N) is 1. The maximum absolute atomic E-state index is 12.3. The normalized spacial score (nSPS) is 19.4. The average molecular weight is 510 g/mol. The molecule has 8 nitrogen and oxygen atoms in total. The maximum atomic E-state index is 12.3. The van der Waals surface area contributed by atoms with Crippen molar-refractivity contribution in [2.24, 2.45) is 0 Å². The summed E-state index contributed by atoms with van der Waals surface area (Å²) >= 11 is 0. The van der Waals surface area contributed by atoms with E-state index in [1.165, 1.54) is 0 Å². The van der Waals surface area contributed by atoms with E-state index >= 15 is 0 Å². The van der Waals surface area contributed by atoms with E-state index in [9.17, 15) is 9.59 Å². The Morgan fingerprint density at radius 1 is 0.973 bits per heavy atom. The molecule has 0 saturated carbocycles. The Bertz CT molecular complexity index is 983. The number of ether oxygens (including phenoxy) is 2. The zero-order valence-corrected chi connectivity index (χ0v) is 21.6. The maximum Gasteiger partial charge on any atom is 0.243 e.